The molecule has 0 aromatic carbocycles. The largest absolute Gasteiger partial charge is 0.469 e. The summed E-state index contributed by atoms with van der Waals surface area (Å²) >= 11 is 0. The molecule has 7 nitrogen and oxygen atoms in total. The Morgan fingerprint density at radius 3 is 1.88 bits per heavy atom. The van der Waals surface area contributed by atoms with Gasteiger partial charge in [-0.3, -0.25) is 9.59 Å². The van der Waals surface area contributed by atoms with Gasteiger partial charge in [0.2, 0.25) is 0 Å². The zero-order valence-corrected chi connectivity index (χ0v) is 15.8. The van der Waals surface area contributed by atoms with Crippen molar-refractivity contribution in [1.29, 1.82) is 0 Å². The average molecular weight is 360 g/mol. The van der Waals surface area contributed by atoms with Gasteiger partial charge >= 0.3 is 11.9 Å². The number of hydrogen-bond donors (Lipinski definition) is 0. The van der Waals surface area contributed by atoms with E-state index in [-0.39, 0.29) is 29.9 Å². The highest BCUT2D eigenvalue weighted by atomic mass is 16.7. The third-order valence-electron chi connectivity index (χ3n) is 4.14. The lowest BCUT2D eigenvalue weighted by molar-refractivity contribution is -0.183. The van der Waals surface area contributed by atoms with Crippen LogP contribution in [0, 0.1) is 11.8 Å². The second-order valence-corrected chi connectivity index (χ2v) is 6.48. The van der Waals surface area contributed by atoms with Crippen LogP contribution in [0.15, 0.2) is 0 Å². The van der Waals surface area contributed by atoms with E-state index >= 15 is 0 Å². The molecule has 0 amide bonds. The zero-order chi connectivity index (χ0) is 18.7. The highest BCUT2D eigenvalue weighted by Gasteiger charge is 2.31. The Kier molecular flexibility index (Phi) is 10.7. The molecule has 0 aromatic heterocycles. The fourth-order valence-electron chi connectivity index (χ4n) is 2.74. The third kappa shape index (κ3) is 9.18. The van der Waals surface area contributed by atoms with Gasteiger partial charge in [-0.1, -0.05) is 0 Å². The SMILES string of the molecule is COC(=O)C1CCC(C(=O)OC(C)OCCOCCOC(C)C)CC1. The quantitative estimate of drug-likeness (QED) is 0.318. The molecule has 0 spiro atoms. The summed E-state index contributed by atoms with van der Waals surface area (Å²) in [7, 11) is 1.39. The average Bonchev–Trinajstić information content (AvgIpc) is 2.60. The molecule has 1 rings (SSSR count). The van der Waals surface area contributed by atoms with E-state index in [4.69, 9.17) is 23.7 Å². The minimum absolute atomic E-state index is 0.0976. The van der Waals surface area contributed by atoms with Gasteiger partial charge in [-0.05, 0) is 46.5 Å². The predicted octanol–water partition coefficient (Wildman–Crippen LogP) is 2.31. The summed E-state index contributed by atoms with van der Waals surface area (Å²) in [6.45, 7) is 7.48. The van der Waals surface area contributed by atoms with Crippen LogP contribution in [0.25, 0.3) is 0 Å². The molecular formula is C18H32O7. The number of esters is 2. The minimum atomic E-state index is -0.610. The monoisotopic (exact) mass is 360 g/mol. The molecule has 1 aliphatic carbocycles. The second-order valence-electron chi connectivity index (χ2n) is 6.48. The molecule has 0 bridgehead atoms. The van der Waals surface area contributed by atoms with E-state index in [1.165, 1.54) is 7.11 Å². The van der Waals surface area contributed by atoms with Crippen molar-refractivity contribution in [3.8, 4) is 0 Å². The van der Waals surface area contributed by atoms with E-state index in [0.717, 1.165) is 0 Å². The number of methoxy groups -OCH3 is 1. The van der Waals surface area contributed by atoms with Gasteiger partial charge in [-0.2, -0.15) is 0 Å². The van der Waals surface area contributed by atoms with Crippen LogP contribution in [-0.2, 0) is 33.3 Å². The first-order chi connectivity index (χ1) is 11.9. The molecule has 25 heavy (non-hydrogen) atoms. The Labute approximate surface area is 150 Å². The molecule has 1 atom stereocenters. The normalized spacial score (nSPS) is 21.8. The topological polar surface area (TPSA) is 80.3 Å². The number of carbonyl (C=O) groups is 2. The van der Waals surface area contributed by atoms with Crippen molar-refractivity contribution in [1.82, 2.24) is 0 Å². The molecule has 146 valence electrons. The first-order valence-electron chi connectivity index (χ1n) is 9.03. The Balaban J connectivity index is 2.09. The van der Waals surface area contributed by atoms with Crippen LogP contribution in [0.4, 0.5) is 0 Å². The van der Waals surface area contributed by atoms with E-state index in [1.807, 2.05) is 13.8 Å². The maximum atomic E-state index is 12.1. The van der Waals surface area contributed by atoms with Crippen LogP contribution in [0.1, 0.15) is 46.5 Å². The lowest BCUT2D eigenvalue weighted by Crippen LogP contribution is -2.30. The number of ether oxygens (including phenoxy) is 5. The van der Waals surface area contributed by atoms with Crippen LogP contribution in [0.3, 0.4) is 0 Å². The highest BCUT2D eigenvalue weighted by Crippen LogP contribution is 2.30. The van der Waals surface area contributed by atoms with Crippen molar-refractivity contribution in [3.63, 3.8) is 0 Å². The second kappa shape index (κ2) is 12.2. The zero-order valence-electron chi connectivity index (χ0n) is 15.8. The number of hydrogen-bond acceptors (Lipinski definition) is 7. The fourth-order valence-corrected chi connectivity index (χ4v) is 2.74. The predicted molar refractivity (Wildman–Crippen MR) is 90.9 cm³/mol. The molecule has 0 aliphatic heterocycles. The van der Waals surface area contributed by atoms with Gasteiger partial charge in [0.1, 0.15) is 0 Å². The minimum Gasteiger partial charge on any atom is -0.469 e. The van der Waals surface area contributed by atoms with E-state index in [2.05, 4.69) is 0 Å². The number of rotatable bonds is 11. The number of carbonyl (C=O) groups excluding carboxylic acids is 2. The summed E-state index contributed by atoms with van der Waals surface area (Å²) < 4.78 is 26.2. The fraction of sp³-hybridized carbons (Fsp3) is 0.889. The van der Waals surface area contributed by atoms with Gasteiger partial charge < -0.3 is 23.7 Å². The van der Waals surface area contributed by atoms with Crippen LogP contribution < -0.4 is 0 Å². The molecule has 1 aliphatic rings. The Bertz CT molecular complexity index is 389. The van der Waals surface area contributed by atoms with Crippen LogP contribution in [-0.4, -0.2) is 57.9 Å². The first kappa shape index (κ1) is 21.9. The molecule has 0 heterocycles. The Morgan fingerprint density at radius 1 is 0.840 bits per heavy atom. The molecule has 1 unspecified atom stereocenters. The maximum absolute atomic E-state index is 12.1. The summed E-state index contributed by atoms with van der Waals surface area (Å²) in [4.78, 5) is 23.6. The molecule has 0 radical (unpaired) electrons. The van der Waals surface area contributed by atoms with Crippen molar-refractivity contribution in [2.75, 3.05) is 33.5 Å². The van der Waals surface area contributed by atoms with E-state index in [1.54, 1.807) is 6.92 Å². The molecule has 0 saturated heterocycles. The summed E-state index contributed by atoms with van der Waals surface area (Å²) in [5, 5.41) is 0. The molecule has 1 fully saturated rings. The van der Waals surface area contributed by atoms with E-state index < -0.39 is 6.29 Å². The summed E-state index contributed by atoms with van der Waals surface area (Å²) in [5.74, 6) is -0.722. The van der Waals surface area contributed by atoms with Crippen molar-refractivity contribution in [2.45, 2.75) is 58.8 Å². The Hall–Kier alpha value is -1.18. The van der Waals surface area contributed by atoms with Crippen LogP contribution >= 0.6 is 0 Å². The van der Waals surface area contributed by atoms with Crippen LogP contribution in [0.5, 0.6) is 0 Å². The van der Waals surface area contributed by atoms with E-state index in [9.17, 15) is 9.59 Å². The van der Waals surface area contributed by atoms with Crippen molar-refractivity contribution in [2.24, 2.45) is 11.8 Å². The summed E-state index contributed by atoms with van der Waals surface area (Å²) in [6.07, 6.45) is 2.19. The lowest BCUT2D eigenvalue weighted by Gasteiger charge is -2.26. The molecule has 1 saturated carbocycles. The maximum Gasteiger partial charge on any atom is 0.311 e. The van der Waals surface area contributed by atoms with Gasteiger partial charge in [0.05, 0.1) is 51.5 Å². The molecule has 0 N–H and O–H groups in total. The van der Waals surface area contributed by atoms with Gasteiger partial charge in [-0.25, -0.2) is 0 Å². The van der Waals surface area contributed by atoms with Crippen molar-refractivity contribution >= 4 is 11.9 Å². The first-order valence-corrected chi connectivity index (χ1v) is 9.03. The van der Waals surface area contributed by atoms with Crippen molar-refractivity contribution < 1.29 is 33.3 Å². The van der Waals surface area contributed by atoms with Gasteiger partial charge in [-0.15, -0.1) is 0 Å². The summed E-state index contributed by atoms with van der Waals surface area (Å²) in [5.41, 5.74) is 0. The van der Waals surface area contributed by atoms with Gasteiger partial charge in [0, 0.05) is 0 Å². The molecular weight excluding hydrogens is 328 g/mol. The smallest absolute Gasteiger partial charge is 0.311 e. The third-order valence-corrected chi connectivity index (χ3v) is 4.14. The van der Waals surface area contributed by atoms with Gasteiger partial charge in [0.15, 0.2) is 6.29 Å². The lowest BCUT2D eigenvalue weighted by atomic mass is 9.82. The Morgan fingerprint density at radius 2 is 1.36 bits per heavy atom. The van der Waals surface area contributed by atoms with Crippen LogP contribution in [0.2, 0.25) is 0 Å². The molecule has 7 heteroatoms. The molecule has 0 aromatic rings. The summed E-state index contributed by atoms with van der Waals surface area (Å²) in [6, 6.07) is 0. The van der Waals surface area contributed by atoms with E-state index in [0.29, 0.717) is 52.1 Å². The van der Waals surface area contributed by atoms with Gasteiger partial charge in [0.25, 0.3) is 0 Å². The highest BCUT2D eigenvalue weighted by molar-refractivity contribution is 5.75. The standard InChI is InChI=1S/C18H32O7/c1-13(2)23-11-9-22-10-12-24-14(3)25-18(20)16-7-5-15(6-8-16)17(19)21-4/h13-16H,5-12H2,1-4H3. The van der Waals surface area contributed by atoms with Crippen molar-refractivity contribution in [3.05, 3.63) is 0 Å².